The predicted octanol–water partition coefficient (Wildman–Crippen LogP) is 1.82. The van der Waals surface area contributed by atoms with E-state index in [4.69, 9.17) is 5.11 Å². The number of rotatable bonds is 6. The van der Waals surface area contributed by atoms with Crippen molar-refractivity contribution in [3.63, 3.8) is 0 Å². The number of ether oxygens (including phenoxy) is 1. The van der Waals surface area contributed by atoms with E-state index in [1.165, 1.54) is 32.3 Å². The second kappa shape index (κ2) is 7.10. The molecule has 0 aromatic carbocycles. The van der Waals surface area contributed by atoms with Crippen LogP contribution in [0.1, 0.15) is 17.3 Å². The first kappa shape index (κ1) is 17.7. The summed E-state index contributed by atoms with van der Waals surface area (Å²) < 4.78 is 41.1. The highest BCUT2D eigenvalue weighted by Crippen LogP contribution is 2.21. The molecule has 1 aromatic heterocycles. The van der Waals surface area contributed by atoms with Crippen molar-refractivity contribution in [2.45, 2.75) is 13.1 Å². The Morgan fingerprint density at radius 3 is 2.64 bits per heavy atom. The van der Waals surface area contributed by atoms with Crippen LogP contribution in [0.4, 0.5) is 13.2 Å². The number of halogens is 3. The van der Waals surface area contributed by atoms with Crippen molar-refractivity contribution < 1.29 is 32.6 Å². The van der Waals surface area contributed by atoms with Crippen molar-refractivity contribution in [2.75, 3.05) is 20.2 Å². The van der Waals surface area contributed by atoms with Gasteiger partial charge in [-0.1, -0.05) is 6.92 Å². The molecule has 0 saturated carbocycles. The number of aliphatic carboxylic acids is 1. The number of hydrogen-bond donors (Lipinski definition) is 1. The largest absolute Gasteiger partial charge is 0.481 e. The van der Waals surface area contributed by atoms with Crippen molar-refractivity contribution in [2.24, 2.45) is 5.92 Å². The number of carbonyl (C=O) groups is 2. The summed E-state index contributed by atoms with van der Waals surface area (Å²) in [5.41, 5.74) is -0.160. The molecule has 0 aliphatic heterocycles. The van der Waals surface area contributed by atoms with Gasteiger partial charge in [-0.15, -0.1) is 0 Å². The highest BCUT2D eigenvalue weighted by Gasteiger charge is 2.30. The van der Waals surface area contributed by atoms with E-state index >= 15 is 0 Å². The normalized spacial score (nSPS) is 12.6. The molecule has 122 valence electrons. The molecule has 22 heavy (non-hydrogen) atoms. The van der Waals surface area contributed by atoms with Crippen molar-refractivity contribution >= 4 is 11.9 Å². The van der Waals surface area contributed by atoms with Gasteiger partial charge >= 0.3 is 12.1 Å². The fourth-order valence-electron chi connectivity index (χ4n) is 1.60. The molecule has 1 unspecified atom stereocenters. The van der Waals surface area contributed by atoms with Crippen LogP contribution >= 0.6 is 0 Å². The maximum Gasteiger partial charge on any atom is 0.422 e. The molecule has 0 fully saturated rings. The number of nitrogens with zero attached hydrogens (tertiary/aromatic N) is 2. The standard InChI is InChI=1S/C13H15F3N2O4/c1-8(12(20)21)6-18(2)11(19)9-4-3-5-17-10(9)22-7-13(14,15)16/h3-5,8H,6-7H2,1-2H3,(H,20,21). The summed E-state index contributed by atoms with van der Waals surface area (Å²) in [6, 6.07) is 2.64. The van der Waals surface area contributed by atoms with Gasteiger partial charge in [-0.25, -0.2) is 4.98 Å². The molecule has 1 atom stereocenters. The van der Waals surface area contributed by atoms with Crippen LogP contribution in [0.2, 0.25) is 0 Å². The number of carboxylic acid groups (broad SMARTS) is 1. The SMILES string of the molecule is CC(CN(C)C(=O)c1cccnc1OCC(F)(F)F)C(=O)O. The molecule has 1 amide bonds. The monoisotopic (exact) mass is 320 g/mol. The van der Waals surface area contributed by atoms with Crippen LogP contribution in [0.5, 0.6) is 5.88 Å². The average Bonchev–Trinajstić information content (AvgIpc) is 2.43. The number of aromatic nitrogens is 1. The average molecular weight is 320 g/mol. The zero-order valence-electron chi connectivity index (χ0n) is 11.9. The Balaban J connectivity index is 2.87. The van der Waals surface area contributed by atoms with Gasteiger partial charge in [-0.05, 0) is 12.1 Å². The molecule has 1 heterocycles. The summed E-state index contributed by atoms with van der Waals surface area (Å²) in [4.78, 5) is 27.7. The van der Waals surface area contributed by atoms with Crippen LogP contribution < -0.4 is 4.74 Å². The fraction of sp³-hybridized carbons (Fsp3) is 0.462. The number of pyridine rings is 1. The molecule has 1 aromatic rings. The van der Waals surface area contributed by atoms with Crippen molar-refractivity contribution in [1.82, 2.24) is 9.88 Å². The van der Waals surface area contributed by atoms with E-state index in [-0.39, 0.29) is 12.1 Å². The van der Waals surface area contributed by atoms with Crippen LogP contribution in [-0.4, -0.2) is 53.2 Å². The van der Waals surface area contributed by atoms with Gasteiger partial charge in [0.2, 0.25) is 5.88 Å². The molecule has 1 rings (SSSR count). The molecule has 1 N–H and O–H groups in total. The van der Waals surface area contributed by atoms with Crippen molar-refractivity contribution in [1.29, 1.82) is 0 Å². The van der Waals surface area contributed by atoms with E-state index in [0.717, 1.165) is 4.90 Å². The first-order valence-electron chi connectivity index (χ1n) is 6.24. The molecule has 0 aliphatic rings. The minimum absolute atomic E-state index is 0.0955. The van der Waals surface area contributed by atoms with E-state index in [1.807, 2.05) is 0 Å². The maximum absolute atomic E-state index is 12.2. The third kappa shape index (κ3) is 5.23. The molecule has 9 heteroatoms. The highest BCUT2D eigenvalue weighted by molar-refractivity contribution is 5.96. The van der Waals surface area contributed by atoms with Gasteiger partial charge in [-0.3, -0.25) is 9.59 Å². The Morgan fingerprint density at radius 1 is 1.45 bits per heavy atom. The summed E-state index contributed by atoms with van der Waals surface area (Å²) in [7, 11) is 1.35. The third-order valence-corrected chi connectivity index (χ3v) is 2.69. The third-order valence-electron chi connectivity index (χ3n) is 2.69. The number of hydrogen-bond acceptors (Lipinski definition) is 4. The van der Waals surface area contributed by atoms with E-state index in [2.05, 4.69) is 9.72 Å². The molecule has 0 saturated heterocycles. The zero-order chi connectivity index (χ0) is 16.9. The van der Waals surface area contributed by atoms with Gasteiger partial charge in [0, 0.05) is 19.8 Å². The molecule has 0 bridgehead atoms. The molecule has 0 spiro atoms. The first-order chi connectivity index (χ1) is 10.1. The summed E-state index contributed by atoms with van der Waals surface area (Å²) >= 11 is 0. The van der Waals surface area contributed by atoms with Gasteiger partial charge in [-0.2, -0.15) is 13.2 Å². The van der Waals surface area contributed by atoms with Crippen LogP contribution in [0.3, 0.4) is 0 Å². The maximum atomic E-state index is 12.2. The highest BCUT2D eigenvalue weighted by atomic mass is 19.4. The Kier molecular flexibility index (Phi) is 5.72. The van der Waals surface area contributed by atoms with Crippen molar-refractivity contribution in [3.8, 4) is 5.88 Å². The van der Waals surface area contributed by atoms with Gasteiger partial charge < -0.3 is 14.7 Å². The Labute approximate surface area is 124 Å². The lowest BCUT2D eigenvalue weighted by Gasteiger charge is -2.20. The summed E-state index contributed by atoms with van der Waals surface area (Å²) in [6.07, 6.45) is -3.36. The predicted molar refractivity (Wildman–Crippen MR) is 69.5 cm³/mol. The Hall–Kier alpha value is -2.32. The lowest BCUT2D eigenvalue weighted by atomic mass is 10.1. The second-order valence-corrected chi connectivity index (χ2v) is 4.68. The Morgan fingerprint density at radius 2 is 2.09 bits per heavy atom. The quantitative estimate of drug-likeness (QED) is 0.865. The van der Waals surface area contributed by atoms with Gasteiger partial charge in [0.25, 0.3) is 5.91 Å². The summed E-state index contributed by atoms with van der Waals surface area (Å²) in [5, 5.41) is 8.81. The van der Waals surface area contributed by atoms with Crippen LogP contribution in [0.25, 0.3) is 0 Å². The molecule has 6 nitrogen and oxygen atoms in total. The minimum atomic E-state index is -4.55. The van der Waals surface area contributed by atoms with Crippen molar-refractivity contribution in [3.05, 3.63) is 23.9 Å². The van der Waals surface area contributed by atoms with Crippen LogP contribution in [0.15, 0.2) is 18.3 Å². The van der Waals surface area contributed by atoms with Gasteiger partial charge in [0.1, 0.15) is 5.56 Å². The fourth-order valence-corrected chi connectivity index (χ4v) is 1.60. The first-order valence-corrected chi connectivity index (χ1v) is 6.24. The molecular formula is C13H15F3N2O4. The smallest absolute Gasteiger partial charge is 0.422 e. The van der Waals surface area contributed by atoms with Gasteiger partial charge in [0.05, 0.1) is 5.92 Å². The number of carbonyl (C=O) groups excluding carboxylic acids is 1. The van der Waals surface area contributed by atoms with E-state index in [9.17, 15) is 22.8 Å². The number of amides is 1. The van der Waals surface area contributed by atoms with Crippen LogP contribution in [-0.2, 0) is 4.79 Å². The van der Waals surface area contributed by atoms with E-state index < -0.39 is 36.5 Å². The minimum Gasteiger partial charge on any atom is -0.481 e. The summed E-state index contributed by atoms with van der Waals surface area (Å²) in [6.45, 7) is -0.252. The zero-order valence-corrected chi connectivity index (χ0v) is 11.9. The number of alkyl halides is 3. The lowest BCUT2D eigenvalue weighted by Crippen LogP contribution is -2.34. The summed E-state index contributed by atoms with van der Waals surface area (Å²) in [5.74, 6) is -3.01. The lowest BCUT2D eigenvalue weighted by molar-refractivity contribution is -0.154. The number of carboxylic acids is 1. The molecule has 0 radical (unpaired) electrons. The molecular weight excluding hydrogens is 305 g/mol. The van der Waals surface area contributed by atoms with Crippen LogP contribution in [0, 0.1) is 5.92 Å². The van der Waals surface area contributed by atoms with Gasteiger partial charge in [0.15, 0.2) is 6.61 Å². The van der Waals surface area contributed by atoms with E-state index in [0.29, 0.717) is 0 Å². The Bertz CT molecular complexity index is 548. The van der Waals surface area contributed by atoms with E-state index in [1.54, 1.807) is 0 Å². The topological polar surface area (TPSA) is 79.7 Å². The molecule has 0 aliphatic carbocycles. The second-order valence-electron chi connectivity index (χ2n) is 4.68.